The summed E-state index contributed by atoms with van der Waals surface area (Å²) in [6.45, 7) is 1.49. The molecule has 1 unspecified atom stereocenters. The van der Waals surface area contributed by atoms with Crippen LogP contribution in [0, 0.1) is 11.6 Å². The van der Waals surface area contributed by atoms with Crippen molar-refractivity contribution in [3.8, 4) is 11.3 Å². The van der Waals surface area contributed by atoms with E-state index >= 15 is 0 Å². The maximum Gasteiger partial charge on any atom is 0.191 e. The molecular formula is C22H24F2IN5O. The summed E-state index contributed by atoms with van der Waals surface area (Å²) in [7, 11) is 1.68. The molecule has 4 rings (SSSR count). The molecule has 1 fully saturated rings. The van der Waals surface area contributed by atoms with Gasteiger partial charge in [0.25, 0.3) is 0 Å². The average molecular weight is 539 g/mol. The molecule has 1 aromatic heterocycles. The van der Waals surface area contributed by atoms with Gasteiger partial charge in [0.15, 0.2) is 11.7 Å². The highest BCUT2D eigenvalue weighted by Crippen LogP contribution is 2.26. The molecule has 0 radical (unpaired) electrons. The second kappa shape index (κ2) is 10.6. The minimum Gasteiger partial charge on any atom is -0.365 e. The van der Waals surface area contributed by atoms with Crippen molar-refractivity contribution in [1.82, 2.24) is 15.8 Å². The number of nitrogens with one attached hydrogen (secondary N) is 2. The first-order chi connectivity index (χ1) is 14.6. The van der Waals surface area contributed by atoms with Gasteiger partial charge < -0.3 is 20.1 Å². The Kier molecular flexibility index (Phi) is 7.83. The lowest BCUT2D eigenvalue weighted by Gasteiger charge is -2.21. The Morgan fingerprint density at radius 3 is 2.61 bits per heavy atom. The number of aliphatic imine (C=N–C) groups is 1. The monoisotopic (exact) mass is 539 g/mol. The molecule has 0 spiro atoms. The van der Waals surface area contributed by atoms with Gasteiger partial charge in [-0.15, -0.1) is 24.0 Å². The predicted octanol–water partition coefficient (Wildman–Crippen LogP) is 4.18. The van der Waals surface area contributed by atoms with E-state index in [1.54, 1.807) is 11.9 Å². The lowest BCUT2D eigenvalue weighted by Crippen LogP contribution is -2.44. The Morgan fingerprint density at radius 1 is 1.16 bits per heavy atom. The first-order valence-electron chi connectivity index (χ1n) is 9.81. The topological polar surface area (TPSA) is 65.7 Å². The predicted molar refractivity (Wildman–Crippen MR) is 128 cm³/mol. The van der Waals surface area contributed by atoms with Crippen molar-refractivity contribution in [3.05, 3.63) is 71.9 Å². The summed E-state index contributed by atoms with van der Waals surface area (Å²) in [5, 5.41) is 10.6. The van der Waals surface area contributed by atoms with E-state index in [0.717, 1.165) is 17.7 Å². The molecule has 0 amide bonds. The largest absolute Gasteiger partial charge is 0.365 e. The first kappa shape index (κ1) is 23.0. The van der Waals surface area contributed by atoms with Crippen molar-refractivity contribution in [2.45, 2.75) is 19.0 Å². The fourth-order valence-corrected chi connectivity index (χ4v) is 3.57. The van der Waals surface area contributed by atoms with Crippen LogP contribution >= 0.6 is 24.0 Å². The fourth-order valence-electron chi connectivity index (χ4n) is 3.57. The van der Waals surface area contributed by atoms with Crippen LogP contribution in [0.25, 0.3) is 11.3 Å². The standard InChI is InChI=1S/C22H23F2N5O.HI/c1-25-22(26-13-17-12-20(30-28-17)15-6-3-2-4-7-15)27-16-10-11-29(14-16)21-18(23)8-5-9-19(21)24;/h2-9,12,16H,10-11,13-14H2,1H3,(H2,25,26,27);1H. The number of nitrogens with zero attached hydrogens (tertiary/aromatic N) is 3. The molecule has 9 heteroatoms. The normalized spacial score (nSPS) is 16.2. The van der Waals surface area contributed by atoms with Crippen molar-refractivity contribution in [1.29, 1.82) is 0 Å². The Balaban J connectivity index is 0.00000272. The molecule has 1 atom stereocenters. The van der Waals surface area contributed by atoms with E-state index in [1.807, 2.05) is 36.4 Å². The molecule has 0 aliphatic carbocycles. The van der Waals surface area contributed by atoms with Crippen molar-refractivity contribution in [2.24, 2.45) is 4.99 Å². The Morgan fingerprint density at radius 2 is 1.90 bits per heavy atom. The van der Waals surface area contributed by atoms with Crippen LogP contribution in [-0.4, -0.2) is 37.3 Å². The van der Waals surface area contributed by atoms with Crippen LogP contribution in [0.4, 0.5) is 14.5 Å². The number of hydrogen-bond donors (Lipinski definition) is 2. The lowest BCUT2D eigenvalue weighted by molar-refractivity contribution is 0.422. The molecule has 0 bridgehead atoms. The summed E-state index contributed by atoms with van der Waals surface area (Å²) in [4.78, 5) is 5.96. The third-order valence-electron chi connectivity index (χ3n) is 5.06. The number of aromatic nitrogens is 1. The molecule has 1 aliphatic heterocycles. The Bertz CT molecular complexity index is 1010. The van der Waals surface area contributed by atoms with Gasteiger partial charge in [-0.05, 0) is 18.6 Å². The van der Waals surface area contributed by atoms with E-state index in [1.165, 1.54) is 18.2 Å². The third kappa shape index (κ3) is 5.52. The van der Waals surface area contributed by atoms with Crippen LogP contribution in [0.15, 0.2) is 64.1 Å². The quantitative estimate of drug-likeness (QED) is 0.290. The molecule has 0 saturated carbocycles. The summed E-state index contributed by atoms with van der Waals surface area (Å²) < 4.78 is 33.5. The van der Waals surface area contributed by atoms with Crippen LogP contribution in [0.5, 0.6) is 0 Å². The molecule has 2 heterocycles. The molecule has 1 aliphatic rings. The van der Waals surface area contributed by atoms with Crippen molar-refractivity contribution >= 4 is 35.6 Å². The summed E-state index contributed by atoms with van der Waals surface area (Å²) in [6.07, 6.45) is 0.747. The molecule has 164 valence electrons. The van der Waals surface area contributed by atoms with Gasteiger partial charge >= 0.3 is 0 Å². The van der Waals surface area contributed by atoms with Gasteiger partial charge in [0.1, 0.15) is 23.0 Å². The van der Waals surface area contributed by atoms with Crippen molar-refractivity contribution < 1.29 is 13.3 Å². The molecule has 1 saturated heterocycles. The number of para-hydroxylation sites is 1. The van der Waals surface area contributed by atoms with E-state index < -0.39 is 11.6 Å². The zero-order valence-corrected chi connectivity index (χ0v) is 19.3. The zero-order chi connectivity index (χ0) is 20.9. The maximum atomic E-state index is 14.0. The van der Waals surface area contributed by atoms with Gasteiger partial charge in [0.05, 0.1) is 6.54 Å². The van der Waals surface area contributed by atoms with Gasteiger partial charge in [-0.1, -0.05) is 41.6 Å². The Labute approximate surface area is 196 Å². The van der Waals surface area contributed by atoms with E-state index in [-0.39, 0.29) is 35.7 Å². The fraction of sp³-hybridized carbons (Fsp3) is 0.273. The minimum absolute atomic E-state index is 0. The number of guanidine groups is 1. The molecule has 6 nitrogen and oxygen atoms in total. The Hall–Kier alpha value is -2.69. The van der Waals surface area contributed by atoms with E-state index in [9.17, 15) is 8.78 Å². The number of benzene rings is 2. The number of anilines is 1. The third-order valence-corrected chi connectivity index (χ3v) is 5.06. The molecular weight excluding hydrogens is 515 g/mol. The van der Waals surface area contributed by atoms with Gasteiger partial charge in [-0.3, -0.25) is 4.99 Å². The second-order valence-corrected chi connectivity index (χ2v) is 7.12. The summed E-state index contributed by atoms with van der Waals surface area (Å²) in [5.41, 5.74) is 1.74. The van der Waals surface area contributed by atoms with Crippen LogP contribution in [0.2, 0.25) is 0 Å². The lowest BCUT2D eigenvalue weighted by atomic mass is 10.2. The number of rotatable bonds is 5. The molecule has 31 heavy (non-hydrogen) atoms. The number of hydrogen-bond acceptors (Lipinski definition) is 4. The highest BCUT2D eigenvalue weighted by atomic mass is 127. The van der Waals surface area contributed by atoms with Crippen LogP contribution in [0.3, 0.4) is 0 Å². The summed E-state index contributed by atoms with van der Waals surface area (Å²) >= 11 is 0. The smallest absolute Gasteiger partial charge is 0.191 e. The van der Waals surface area contributed by atoms with Gasteiger partial charge in [0.2, 0.25) is 0 Å². The van der Waals surface area contributed by atoms with Crippen LogP contribution in [0.1, 0.15) is 12.1 Å². The SMILES string of the molecule is CN=C(NCc1cc(-c2ccccc2)on1)NC1CCN(c2c(F)cccc2F)C1.I. The molecule has 2 aromatic carbocycles. The van der Waals surface area contributed by atoms with E-state index in [4.69, 9.17) is 4.52 Å². The van der Waals surface area contributed by atoms with Crippen molar-refractivity contribution in [3.63, 3.8) is 0 Å². The number of halogens is 3. The van der Waals surface area contributed by atoms with Crippen molar-refractivity contribution in [2.75, 3.05) is 25.0 Å². The molecule has 3 aromatic rings. The molecule has 2 N–H and O–H groups in total. The first-order valence-corrected chi connectivity index (χ1v) is 9.81. The minimum atomic E-state index is -0.543. The summed E-state index contributed by atoms with van der Waals surface area (Å²) in [6, 6.07) is 15.6. The zero-order valence-electron chi connectivity index (χ0n) is 17.0. The second-order valence-electron chi connectivity index (χ2n) is 7.12. The van der Waals surface area contributed by atoms with Gasteiger partial charge in [0, 0.05) is 37.8 Å². The van der Waals surface area contributed by atoms with Gasteiger partial charge in [-0.25, -0.2) is 8.78 Å². The van der Waals surface area contributed by atoms with Crippen LogP contribution < -0.4 is 15.5 Å². The highest BCUT2D eigenvalue weighted by Gasteiger charge is 2.27. The highest BCUT2D eigenvalue weighted by molar-refractivity contribution is 14.0. The van der Waals surface area contributed by atoms with E-state index in [0.29, 0.717) is 31.4 Å². The van der Waals surface area contributed by atoms with Crippen LogP contribution in [-0.2, 0) is 6.54 Å². The van der Waals surface area contributed by atoms with Gasteiger partial charge in [-0.2, -0.15) is 0 Å². The average Bonchev–Trinajstić information content (AvgIpc) is 3.41. The maximum absolute atomic E-state index is 14.0. The van der Waals surface area contributed by atoms with E-state index in [2.05, 4.69) is 20.8 Å². The summed E-state index contributed by atoms with van der Waals surface area (Å²) in [5.74, 6) is 0.214.